The molecule has 7 nitrogen and oxygen atoms in total. The van der Waals surface area contributed by atoms with Crippen LogP contribution in [0.25, 0.3) is 0 Å². The first kappa shape index (κ1) is 18.7. The highest BCUT2D eigenvalue weighted by molar-refractivity contribution is 5.13. The van der Waals surface area contributed by atoms with Crippen molar-refractivity contribution in [3.8, 4) is 0 Å². The number of fused-ring (bicyclic) bond motifs is 3. The third-order valence-electron chi connectivity index (χ3n) is 5.97. The SMILES string of the molecule is Cc1nc(CN2C[C@@H]3COC[C@H](C2)N(Cc2ccc(CO)o2)C3)n(C)c1C. The third-order valence-corrected chi connectivity index (χ3v) is 5.97. The van der Waals surface area contributed by atoms with Gasteiger partial charge < -0.3 is 18.8 Å². The maximum atomic E-state index is 9.23. The summed E-state index contributed by atoms with van der Waals surface area (Å²) in [5.74, 6) is 3.15. The van der Waals surface area contributed by atoms with E-state index in [9.17, 15) is 5.11 Å². The van der Waals surface area contributed by atoms with Crippen molar-refractivity contribution in [2.75, 3.05) is 32.8 Å². The van der Waals surface area contributed by atoms with Crippen molar-refractivity contribution in [1.82, 2.24) is 19.4 Å². The molecule has 1 N–H and O–H groups in total. The van der Waals surface area contributed by atoms with Gasteiger partial charge in [-0.15, -0.1) is 0 Å². The number of rotatable bonds is 5. The Balaban J connectivity index is 1.48. The van der Waals surface area contributed by atoms with Gasteiger partial charge in [0.05, 0.1) is 32.0 Å². The highest BCUT2D eigenvalue weighted by Gasteiger charge is 2.34. The van der Waals surface area contributed by atoms with Crippen molar-refractivity contribution < 1.29 is 14.3 Å². The van der Waals surface area contributed by atoms with E-state index < -0.39 is 0 Å². The van der Waals surface area contributed by atoms with E-state index in [1.807, 2.05) is 12.1 Å². The molecule has 0 saturated carbocycles. The van der Waals surface area contributed by atoms with E-state index in [-0.39, 0.29) is 6.61 Å². The quantitative estimate of drug-likeness (QED) is 0.855. The first-order chi connectivity index (χ1) is 13.0. The molecule has 2 bridgehead atoms. The summed E-state index contributed by atoms with van der Waals surface area (Å²) in [6, 6.07) is 4.16. The lowest BCUT2D eigenvalue weighted by Crippen LogP contribution is -2.43. The number of aromatic nitrogens is 2. The molecule has 2 saturated heterocycles. The smallest absolute Gasteiger partial charge is 0.129 e. The molecule has 0 aliphatic carbocycles. The summed E-state index contributed by atoms with van der Waals surface area (Å²) in [7, 11) is 2.11. The van der Waals surface area contributed by atoms with E-state index in [0.717, 1.165) is 63.2 Å². The number of nitrogens with zero attached hydrogens (tertiary/aromatic N) is 4. The van der Waals surface area contributed by atoms with Crippen molar-refractivity contribution in [2.24, 2.45) is 13.0 Å². The molecule has 2 aliphatic rings. The number of aliphatic hydroxyl groups is 1. The van der Waals surface area contributed by atoms with Gasteiger partial charge in [0.25, 0.3) is 0 Å². The van der Waals surface area contributed by atoms with E-state index in [1.54, 1.807) is 0 Å². The summed E-state index contributed by atoms with van der Waals surface area (Å²) in [5.41, 5.74) is 2.35. The summed E-state index contributed by atoms with van der Waals surface area (Å²) in [6.07, 6.45) is 0. The summed E-state index contributed by atoms with van der Waals surface area (Å²) in [4.78, 5) is 9.77. The maximum absolute atomic E-state index is 9.23. The first-order valence-electron chi connectivity index (χ1n) is 9.75. The molecule has 27 heavy (non-hydrogen) atoms. The van der Waals surface area contributed by atoms with E-state index >= 15 is 0 Å². The molecule has 7 heteroatoms. The Labute approximate surface area is 160 Å². The summed E-state index contributed by atoms with van der Waals surface area (Å²) < 4.78 is 13.9. The lowest BCUT2D eigenvalue weighted by Gasteiger charge is -2.30. The van der Waals surface area contributed by atoms with Crippen LogP contribution in [0.2, 0.25) is 0 Å². The Morgan fingerprint density at radius 2 is 1.93 bits per heavy atom. The molecule has 2 fully saturated rings. The predicted octanol–water partition coefficient (Wildman–Crippen LogP) is 1.46. The molecular weight excluding hydrogens is 344 g/mol. The Morgan fingerprint density at radius 1 is 1.11 bits per heavy atom. The molecule has 0 spiro atoms. The Kier molecular flexibility index (Phi) is 5.36. The standard InChI is InChI=1S/C20H30N4O3/c1-14-15(2)22(3)20(21-14)10-23-6-16-7-24(17(8-23)13-26-12-16)9-18-4-5-19(11-25)27-18/h4-5,16-17,25H,6-13H2,1-3H3/t16-,17-/m0/s1. The van der Waals surface area contributed by atoms with Gasteiger partial charge in [0.15, 0.2) is 0 Å². The largest absolute Gasteiger partial charge is 0.462 e. The zero-order valence-electron chi connectivity index (χ0n) is 16.5. The van der Waals surface area contributed by atoms with Gasteiger partial charge in [-0.2, -0.15) is 0 Å². The average Bonchev–Trinajstić information content (AvgIpc) is 3.05. The van der Waals surface area contributed by atoms with Gasteiger partial charge in [-0.25, -0.2) is 4.98 Å². The first-order valence-corrected chi connectivity index (χ1v) is 9.75. The molecule has 2 atom stereocenters. The van der Waals surface area contributed by atoms with Gasteiger partial charge in [0.1, 0.15) is 24.0 Å². The van der Waals surface area contributed by atoms with Crippen LogP contribution in [0.15, 0.2) is 16.5 Å². The van der Waals surface area contributed by atoms with E-state index in [0.29, 0.717) is 17.7 Å². The van der Waals surface area contributed by atoms with Crippen LogP contribution in [0.1, 0.15) is 28.7 Å². The molecule has 0 amide bonds. The molecule has 2 aromatic rings. The molecule has 2 aromatic heterocycles. The van der Waals surface area contributed by atoms with Gasteiger partial charge in [-0.05, 0) is 26.0 Å². The van der Waals surface area contributed by atoms with Crippen molar-refractivity contribution in [3.05, 3.63) is 40.9 Å². The number of ether oxygens (including phenoxy) is 1. The number of imidazole rings is 1. The molecule has 0 unspecified atom stereocenters. The van der Waals surface area contributed by atoms with Gasteiger partial charge >= 0.3 is 0 Å². The normalized spacial score (nSPS) is 24.3. The maximum Gasteiger partial charge on any atom is 0.129 e. The third kappa shape index (κ3) is 3.96. The predicted molar refractivity (Wildman–Crippen MR) is 101 cm³/mol. The second-order valence-electron chi connectivity index (χ2n) is 7.96. The summed E-state index contributed by atoms with van der Waals surface area (Å²) in [6.45, 7) is 10.4. The fourth-order valence-corrected chi connectivity index (χ4v) is 4.27. The average molecular weight is 374 g/mol. The summed E-state index contributed by atoms with van der Waals surface area (Å²) in [5, 5.41) is 9.23. The van der Waals surface area contributed by atoms with Crippen molar-refractivity contribution >= 4 is 0 Å². The lowest BCUT2D eigenvalue weighted by atomic mass is 10.1. The number of furan rings is 1. The highest BCUT2D eigenvalue weighted by Crippen LogP contribution is 2.24. The van der Waals surface area contributed by atoms with Crippen LogP contribution in [-0.2, 0) is 31.5 Å². The van der Waals surface area contributed by atoms with Crippen molar-refractivity contribution in [2.45, 2.75) is 39.6 Å². The topological polar surface area (TPSA) is 66.9 Å². The van der Waals surface area contributed by atoms with Crippen LogP contribution in [0.4, 0.5) is 0 Å². The second-order valence-corrected chi connectivity index (χ2v) is 7.96. The molecule has 0 aromatic carbocycles. The molecular formula is C20H30N4O3. The Hall–Kier alpha value is -1.67. The molecule has 2 aliphatic heterocycles. The fourth-order valence-electron chi connectivity index (χ4n) is 4.27. The van der Waals surface area contributed by atoms with E-state index in [1.165, 1.54) is 5.69 Å². The minimum absolute atomic E-state index is 0.0502. The number of hydrogen-bond donors (Lipinski definition) is 1. The van der Waals surface area contributed by atoms with Crippen molar-refractivity contribution in [3.63, 3.8) is 0 Å². The monoisotopic (exact) mass is 374 g/mol. The van der Waals surface area contributed by atoms with Crippen LogP contribution in [0, 0.1) is 19.8 Å². The zero-order chi connectivity index (χ0) is 19.0. The number of aliphatic hydroxyl groups excluding tert-OH is 1. The van der Waals surface area contributed by atoms with E-state index in [4.69, 9.17) is 14.1 Å². The number of aryl methyl sites for hydroxylation is 1. The zero-order valence-corrected chi connectivity index (χ0v) is 16.5. The fraction of sp³-hybridized carbons (Fsp3) is 0.650. The van der Waals surface area contributed by atoms with Crippen LogP contribution >= 0.6 is 0 Å². The Bertz CT molecular complexity index is 784. The minimum atomic E-state index is -0.0502. The van der Waals surface area contributed by atoms with Crippen LogP contribution in [0.3, 0.4) is 0 Å². The lowest BCUT2D eigenvalue weighted by molar-refractivity contribution is 0.0449. The minimum Gasteiger partial charge on any atom is -0.462 e. The molecule has 4 heterocycles. The molecule has 148 valence electrons. The molecule has 4 rings (SSSR count). The van der Waals surface area contributed by atoms with E-state index in [2.05, 4.69) is 35.3 Å². The number of hydrogen-bond acceptors (Lipinski definition) is 6. The van der Waals surface area contributed by atoms with Gasteiger partial charge in [0.2, 0.25) is 0 Å². The Morgan fingerprint density at radius 3 is 2.63 bits per heavy atom. The van der Waals surface area contributed by atoms with Gasteiger partial charge in [0, 0.05) is 44.3 Å². The molecule has 0 radical (unpaired) electrons. The highest BCUT2D eigenvalue weighted by atomic mass is 16.5. The van der Waals surface area contributed by atoms with Gasteiger partial charge in [-0.1, -0.05) is 0 Å². The van der Waals surface area contributed by atoms with Crippen LogP contribution in [-0.4, -0.2) is 63.3 Å². The van der Waals surface area contributed by atoms with Gasteiger partial charge in [-0.3, -0.25) is 9.80 Å². The van der Waals surface area contributed by atoms with Crippen molar-refractivity contribution in [1.29, 1.82) is 0 Å². The van der Waals surface area contributed by atoms with Crippen LogP contribution in [0.5, 0.6) is 0 Å². The van der Waals surface area contributed by atoms with Crippen LogP contribution < -0.4 is 0 Å². The second kappa shape index (κ2) is 7.75. The summed E-state index contributed by atoms with van der Waals surface area (Å²) >= 11 is 0.